The van der Waals surface area contributed by atoms with Gasteiger partial charge in [0.2, 0.25) is 0 Å². The second kappa shape index (κ2) is 12.5. The van der Waals surface area contributed by atoms with Gasteiger partial charge in [-0.15, -0.1) is 11.3 Å². The van der Waals surface area contributed by atoms with Gasteiger partial charge in [-0.05, 0) is 48.5 Å². The number of furan rings is 2. The second-order valence-corrected chi connectivity index (χ2v) is 15.1. The van der Waals surface area contributed by atoms with E-state index in [1.165, 1.54) is 14.8 Å². The number of rotatable bonds is 5. The van der Waals surface area contributed by atoms with Crippen molar-refractivity contribution < 1.29 is 8.83 Å². The molecule has 0 aliphatic carbocycles. The molecule has 5 aromatic heterocycles. The fourth-order valence-corrected chi connectivity index (χ4v) is 9.09. The third kappa shape index (κ3) is 5.08. The molecule has 8 heteroatoms. The van der Waals surface area contributed by atoms with E-state index in [2.05, 4.69) is 54.6 Å². The molecule has 0 amide bonds. The second-order valence-electron chi connectivity index (χ2n) is 14.0. The molecule has 12 aromatic rings. The standard InChI is InChI=1S/C49H27N5O2S/c1-3-13-28(14-4-1)43-45-44(31-17-7-9-21-36(31)56-45)51-47(50-43)30-25-26-37-35(27-30)41-33(19-11-22-38(41)55-37)48-52-46(29-15-5-2-6-16-29)53-49(54-48)34-20-12-24-40-42(34)32-18-8-10-23-39(32)57-40/h1-27H. The van der Waals surface area contributed by atoms with Crippen LogP contribution < -0.4 is 0 Å². The Bertz CT molecular complexity index is 3540. The summed E-state index contributed by atoms with van der Waals surface area (Å²) in [6.45, 7) is 0. The number of hydrogen-bond donors (Lipinski definition) is 0. The van der Waals surface area contributed by atoms with Crippen molar-refractivity contribution in [3.63, 3.8) is 0 Å². The first-order valence-electron chi connectivity index (χ1n) is 18.7. The van der Waals surface area contributed by atoms with Crippen molar-refractivity contribution in [2.45, 2.75) is 0 Å². The van der Waals surface area contributed by atoms with E-state index in [1.54, 1.807) is 11.3 Å². The lowest BCUT2D eigenvalue weighted by Gasteiger charge is -2.10. The highest BCUT2D eigenvalue weighted by molar-refractivity contribution is 7.25. The lowest BCUT2D eigenvalue weighted by Crippen LogP contribution is -2.00. The SMILES string of the molecule is c1ccc(-c2nc(-c3cccc4oc5ccc(-c6nc(-c7ccccc7)c7oc8ccccc8c7n6)cc5c34)nc(-c3cccc4sc5ccccc5c34)n2)cc1. The first kappa shape index (κ1) is 31.8. The van der Waals surface area contributed by atoms with E-state index in [1.807, 2.05) is 109 Å². The average Bonchev–Trinajstić information content (AvgIpc) is 3.97. The van der Waals surface area contributed by atoms with Crippen LogP contribution in [0.3, 0.4) is 0 Å². The lowest BCUT2D eigenvalue weighted by molar-refractivity contribution is 0.667. The molecule has 0 radical (unpaired) electrons. The van der Waals surface area contributed by atoms with E-state index in [9.17, 15) is 0 Å². The van der Waals surface area contributed by atoms with Gasteiger partial charge in [0.15, 0.2) is 28.9 Å². The number of aromatic nitrogens is 5. The van der Waals surface area contributed by atoms with E-state index in [-0.39, 0.29) is 0 Å². The van der Waals surface area contributed by atoms with Crippen LogP contribution in [0.15, 0.2) is 173 Å². The molecule has 12 rings (SSSR count). The van der Waals surface area contributed by atoms with E-state index in [0.29, 0.717) is 28.9 Å². The van der Waals surface area contributed by atoms with Gasteiger partial charge in [0.05, 0.1) is 0 Å². The maximum absolute atomic E-state index is 6.51. The van der Waals surface area contributed by atoms with Crippen molar-refractivity contribution in [1.29, 1.82) is 0 Å². The molecule has 0 aliphatic heterocycles. The van der Waals surface area contributed by atoms with Crippen LogP contribution in [0.1, 0.15) is 0 Å². The van der Waals surface area contributed by atoms with Crippen molar-refractivity contribution in [1.82, 2.24) is 24.9 Å². The predicted octanol–water partition coefficient (Wildman–Crippen LogP) is 13.2. The quantitative estimate of drug-likeness (QED) is 0.173. The van der Waals surface area contributed by atoms with Gasteiger partial charge in [-0.3, -0.25) is 0 Å². The molecule has 0 saturated heterocycles. The van der Waals surface area contributed by atoms with Gasteiger partial charge in [0.1, 0.15) is 28.0 Å². The number of thiophene rings is 1. The van der Waals surface area contributed by atoms with Crippen molar-refractivity contribution in [3.8, 4) is 56.8 Å². The Balaban J connectivity index is 1.09. The average molecular weight is 750 g/mol. The van der Waals surface area contributed by atoms with E-state index >= 15 is 0 Å². The highest BCUT2D eigenvalue weighted by Gasteiger charge is 2.22. The summed E-state index contributed by atoms with van der Waals surface area (Å²) in [6, 6.07) is 55.2. The van der Waals surface area contributed by atoms with Gasteiger partial charge in [-0.1, -0.05) is 115 Å². The Labute approximate surface area is 328 Å². The minimum Gasteiger partial charge on any atom is -0.456 e. The zero-order valence-corrected chi connectivity index (χ0v) is 30.9. The first-order chi connectivity index (χ1) is 28.2. The Morgan fingerprint density at radius 3 is 1.81 bits per heavy atom. The summed E-state index contributed by atoms with van der Waals surface area (Å²) < 4.78 is 15.3. The van der Waals surface area contributed by atoms with Gasteiger partial charge in [0, 0.05) is 64.1 Å². The largest absolute Gasteiger partial charge is 0.456 e. The van der Waals surface area contributed by atoms with Gasteiger partial charge >= 0.3 is 0 Å². The van der Waals surface area contributed by atoms with Crippen LogP contribution in [0.4, 0.5) is 0 Å². The van der Waals surface area contributed by atoms with E-state index in [0.717, 1.165) is 77.3 Å². The molecule has 0 unspecified atom stereocenters. The van der Waals surface area contributed by atoms with Crippen molar-refractivity contribution in [2.24, 2.45) is 0 Å². The predicted molar refractivity (Wildman–Crippen MR) is 230 cm³/mol. The summed E-state index contributed by atoms with van der Waals surface area (Å²) >= 11 is 1.78. The molecule has 0 atom stereocenters. The molecular formula is C49H27N5O2S. The summed E-state index contributed by atoms with van der Waals surface area (Å²) in [4.78, 5) is 25.8. The molecule has 0 aliphatic rings. The van der Waals surface area contributed by atoms with Crippen molar-refractivity contribution in [2.75, 3.05) is 0 Å². The third-order valence-electron chi connectivity index (χ3n) is 10.6. The molecule has 7 nitrogen and oxygen atoms in total. The first-order valence-corrected chi connectivity index (χ1v) is 19.5. The van der Waals surface area contributed by atoms with Crippen LogP contribution >= 0.6 is 11.3 Å². The molecule has 0 spiro atoms. The van der Waals surface area contributed by atoms with Crippen LogP contribution in [0, 0.1) is 0 Å². The minimum absolute atomic E-state index is 0.558. The molecule has 0 saturated carbocycles. The Morgan fingerprint density at radius 1 is 0.368 bits per heavy atom. The fourth-order valence-electron chi connectivity index (χ4n) is 7.96. The topological polar surface area (TPSA) is 90.7 Å². The minimum atomic E-state index is 0.558. The van der Waals surface area contributed by atoms with Crippen molar-refractivity contribution in [3.05, 3.63) is 164 Å². The summed E-state index contributed by atoms with van der Waals surface area (Å²) in [5.74, 6) is 2.36. The normalized spacial score (nSPS) is 11.9. The van der Waals surface area contributed by atoms with Gasteiger partial charge in [-0.25, -0.2) is 24.9 Å². The van der Waals surface area contributed by atoms with Crippen LogP contribution in [-0.4, -0.2) is 24.9 Å². The molecular weight excluding hydrogens is 723 g/mol. The van der Waals surface area contributed by atoms with Gasteiger partial charge < -0.3 is 8.83 Å². The van der Waals surface area contributed by atoms with Crippen LogP contribution in [0.25, 0.3) is 121 Å². The molecule has 0 fully saturated rings. The highest BCUT2D eigenvalue weighted by atomic mass is 32.1. The maximum atomic E-state index is 6.51. The molecule has 5 heterocycles. The Morgan fingerprint density at radius 2 is 0.982 bits per heavy atom. The zero-order valence-electron chi connectivity index (χ0n) is 30.0. The summed E-state index contributed by atoms with van der Waals surface area (Å²) in [7, 11) is 0. The summed E-state index contributed by atoms with van der Waals surface area (Å²) in [6.07, 6.45) is 0. The molecule has 7 aromatic carbocycles. The summed E-state index contributed by atoms with van der Waals surface area (Å²) in [5, 5.41) is 5.09. The molecule has 57 heavy (non-hydrogen) atoms. The highest BCUT2D eigenvalue weighted by Crippen LogP contribution is 2.42. The van der Waals surface area contributed by atoms with E-state index in [4.69, 9.17) is 33.8 Å². The smallest absolute Gasteiger partial charge is 0.180 e. The van der Waals surface area contributed by atoms with Gasteiger partial charge in [0.25, 0.3) is 0 Å². The Hall–Kier alpha value is -7.55. The fraction of sp³-hybridized carbons (Fsp3) is 0. The number of hydrogen-bond acceptors (Lipinski definition) is 8. The van der Waals surface area contributed by atoms with Crippen LogP contribution in [0.2, 0.25) is 0 Å². The monoisotopic (exact) mass is 749 g/mol. The third-order valence-corrected chi connectivity index (χ3v) is 11.7. The van der Waals surface area contributed by atoms with E-state index < -0.39 is 0 Å². The number of fused-ring (bicyclic) bond motifs is 9. The molecule has 0 N–H and O–H groups in total. The number of para-hydroxylation sites is 1. The van der Waals surface area contributed by atoms with Crippen LogP contribution in [-0.2, 0) is 0 Å². The molecule has 266 valence electrons. The lowest BCUT2D eigenvalue weighted by atomic mass is 10.0. The Kier molecular flexibility index (Phi) is 6.96. The number of benzene rings is 7. The molecule has 0 bridgehead atoms. The van der Waals surface area contributed by atoms with Crippen LogP contribution in [0.5, 0.6) is 0 Å². The van der Waals surface area contributed by atoms with Crippen molar-refractivity contribution >= 4 is 75.5 Å². The maximum Gasteiger partial charge on any atom is 0.180 e. The summed E-state index contributed by atoms with van der Waals surface area (Å²) in [5.41, 5.74) is 8.93. The number of nitrogens with zero attached hydrogens (tertiary/aromatic N) is 5. The van der Waals surface area contributed by atoms with Gasteiger partial charge in [-0.2, -0.15) is 0 Å². The zero-order chi connectivity index (χ0) is 37.5.